The van der Waals surface area contributed by atoms with Gasteiger partial charge in [0.25, 0.3) is 0 Å². The van der Waals surface area contributed by atoms with Crippen LogP contribution in [-0.4, -0.2) is 29.3 Å². The fourth-order valence-electron chi connectivity index (χ4n) is 2.61. The van der Waals surface area contributed by atoms with Crippen LogP contribution >= 0.6 is 11.3 Å². The summed E-state index contributed by atoms with van der Waals surface area (Å²) in [6.07, 6.45) is 0.212. The van der Waals surface area contributed by atoms with Gasteiger partial charge in [-0.1, -0.05) is 41.2 Å². The van der Waals surface area contributed by atoms with Gasteiger partial charge in [0.15, 0.2) is 10.9 Å². The number of nitrogens with zero attached hydrogens (tertiary/aromatic N) is 1. The number of amides is 1. The second-order valence-corrected chi connectivity index (χ2v) is 7.29. The van der Waals surface area contributed by atoms with Gasteiger partial charge in [-0.25, -0.2) is 9.78 Å². The minimum absolute atomic E-state index is 0.0708. The summed E-state index contributed by atoms with van der Waals surface area (Å²) in [6.45, 7) is 4.01. The van der Waals surface area contributed by atoms with E-state index in [0.717, 1.165) is 10.3 Å². The Morgan fingerprint density at radius 1 is 1.04 bits per heavy atom. The van der Waals surface area contributed by atoms with Crippen LogP contribution in [0.15, 0.2) is 42.5 Å². The maximum absolute atomic E-state index is 12.2. The molecule has 1 aromatic heterocycles. The van der Waals surface area contributed by atoms with Gasteiger partial charge in [-0.05, 0) is 32.0 Å². The largest absolute Gasteiger partial charge is 0.462 e. The normalized spacial score (nSPS) is 10.6. The smallest absolute Gasteiger partial charge is 0.338 e. The summed E-state index contributed by atoms with van der Waals surface area (Å²) in [5, 5.41) is 3.16. The lowest BCUT2D eigenvalue weighted by atomic mass is 10.1. The molecular weight excluding hydrogens is 376 g/mol. The number of benzene rings is 2. The third kappa shape index (κ3) is 4.80. The summed E-state index contributed by atoms with van der Waals surface area (Å²) < 4.78 is 5.76. The molecule has 0 aliphatic rings. The number of rotatable bonds is 7. The number of aryl methyl sites for hydroxylation is 1. The molecule has 0 fully saturated rings. The van der Waals surface area contributed by atoms with Gasteiger partial charge < -0.3 is 10.1 Å². The van der Waals surface area contributed by atoms with E-state index in [4.69, 9.17) is 4.74 Å². The number of hydrogen-bond donors (Lipinski definition) is 1. The van der Waals surface area contributed by atoms with Crippen LogP contribution < -0.4 is 5.32 Å². The number of ether oxygens (including phenoxy) is 1. The van der Waals surface area contributed by atoms with E-state index in [1.807, 2.05) is 19.1 Å². The molecule has 0 saturated carbocycles. The van der Waals surface area contributed by atoms with E-state index in [1.165, 1.54) is 11.3 Å². The van der Waals surface area contributed by atoms with Crippen LogP contribution in [0.3, 0.4) is 0 Å². The summed E-state index contributed by atoms with van der Waals surface area (Å²) in [5.41, 5.74) is 2.81. The van der Waals surface area contributed by atoms with Gasteiger partial charge in [0, 0.05) is 18.4 Å². The molecule has 0 atom stereocenters. The van der Waals surface area contributed by atoms with E-state index in [-0.39, 0.29) is 24.5 Å². The molecular formula is C21H20N2O4S. The summed E-state index contributed by atoms with van der Waals surface area (Å²) >= 11 is 1.27. The van der Waals surface area contributed by atoms with Crippen molar-refractivity contribution in [1.82, 2.24) is 4.98 Å². The number of thiazole rings is 1. The zero-order valence-electron chi connectivity index (χ0n) is 15.7. The van der Waals surface area contributed by atoms with E-state index < -0.39 is 5.97 Å². The van der Waals surface area contributed by atoms with Crippen molar-refractivity contribution in [1.29, 1.82) is 0 Å². The molecule has 1 N–H and O–H groups in total. The Balaban J connectivity index is 1.60. The van der Waals surface area contributed by atoms with E-state index in [2.05, 4.69) is 10.3 Å². The second kappa shape index (κ2) is 8.75. The molecule has 1 amide bonds. The summed E-state index contributed by atoms with van der Waals surface area (Å²) in [4.78, 5) is 40.5. The maximum atomic E-state index is 12.2. The molecule has 0 aliphatic carbocycles. The minimum Gasteiger partial charge on any atom is -0.462 e. The number of anilines is 1. The van der Waals surface area contributed by atoms with Gasteiger partial charge in [0.1, 0.15) is 0 Å². The number of Topliss-reactive ketones (excluding diaryl/α,β-unsaturated/α-hetero) is 1. The fourth-order valence-corrected chi connectivity index (χ4v) is 3.53. The first-order chi connectivity index (χ1) is 13.5. The van der Waals surface area contributed by atoms with Crippen molar-refractivity contribution in [3.8, 4) is 0 Å². The molecule has 0 aliphatic heterocycles. The number of fused-ring (bicyclic) bond motifs is 1. The molecule has 28 heavy (non-hydrogen) atoms. The number of ketones is 1. The molecule has 0 unspecified atom stereocenters. The third-order valence-corrected chi connectivity index (χ3v) is 5.03. The Labute approximate surface area is 166 Å². The van der Waals surface area contributed by atoms with Crippen molar-refractivity contribution < 1.29 is 19.1 Å². The van der Waals surface area contributed by atoms with Gasteiger partial charge in [0.2, 0.25) is 5.91 Å². The highest BCUT2D eigenvalue weighted by Crippen LogP contribution is 2.27. The number of nitrogens with one attached hydrogen (secondary N) is 1. The zero-order chi connectivity index (χ0) is 20.1. The minimum atomic E-state index is -0.391. The van der Waals surface area contributed by atoms with Crippen LogP contribution in [0.4, 0.5) is 5.13 Å². The number of carbonyl (C=O) groups excluding carboxylic acids is 3. The molecule has 0 bridgehead atoms. The number of esters is 1. The number of aromatic nitrogens is 1. The predicted molar refractivity (Wildman–Crippen MR) is 109 cm³/mol. The Morgan fingerprint density at radius 2 is 1.75 bits per heavy atom. The van der Waals surface area contributed by atoms with Crippen molar-refractivity contribution in [3.63, 3.8) is 0 Å². The van der Waals surface area contributed by atoms with Crippen LogP contribution in [0, 0.1) is 6.92 Å². The van der Waals surface area contributed by atoms with Crippen LogP contribution in [0.2, 0.25) is 0 Å². The Kier molecular flexibility index (Phi) is 6.16. The lowest BCUT2D eigenvalue weighted by Gasteiger charge is -2.02. The van der Waals surface area contributed by atoms with E-state index >= 15 is 0 Å². The highest BCUT2D eigenvalue weighted by atomic mass is 32.1. The first-order valence-electron chi connectivity index (χ1n) is 8.93. The van der Waals surface area contributed by atoms with E-state index in [9.17, 15) is 14.4 Å². The highest BCUT2D eigenvalue weighted by molar-refractivity contribution is 7.22. The van der Waals surface area contributed by atoms with Crippen LogP contribution in [-0.2, 0) is 9.53 Å². The lowest BCUT2D eigenvalue weighted by molar-refractivity contribution is -0.116. The van der Waals surface area contributed by atoms with Crippen LogP contribution in [0.1, 0.15) is 46.0 Å². The average Bonchev–Trinajstić information content (AvgIpc) is 3.08. The molecule has 7 heteroatoms. The van der Waals surface area contributed by atoms with Gasteiger partial charge in [-0.3, -0.25) is 9.59 Å². The molecule has 0 saturated heterocycles. The summed E-state index contributed by atoms with van der Waals surface area (Å²) in [7, 11) is 0. The predicted octanol–water partition coefficient (Wildman–Crippen LogP) is 4.38. The molecule has 1 heterocycles. The second-order valence-electron chi connectivity index (χ2n) is 6.26. The molecule has 144 valence electrons. The molecule has 2 aromatic carbocycles. The Morgan fingerprint density at radius 3 is 2.46 bits per heavy atom. The van der Waals surface area contributed by atoms with Crippen molar-refractivity contribution in [2.24, 2.45) is 0 Å². The third-order valence-electron chi connectivity index (χ3n) is 4.10. The van der Waals surface area contributed by atoms with Crippen molar-refractivity contribution in [3.05, 3.63) is 59.2 Å². The molecule has 3 aromatic rings. The fraction of sp³-hybridized carbons (Fsp3) is 0.238. The standard InChI is InChI=1S/C21H20N2O4S/c1-3-27-20(26)15-8-9-16-18(12-15)28-21(22-16)23-19(25)11-10-17(24)14-6-4-13(2)5-7-14/h4-9,12H,3,10-11H2,1-2H3,(H,22,23,25). The molecule has 6 nitrogen and oxygen atoms in total. The van der Waals surface area contributed by atoms with Crippen LogP contribution in [0.5, 0.6) is 0 Å². The molecule has 3 rings (SSSR count). The number of carbonyl (C=O) groups is 3. The number of hydrogen-bond acceptors (Lipinski definition) is 6. The topological polar surface area (TPSA) is 85.4 Å². The van der Waals surface area contributed by atoms with Gasteiger partial charge in [-0.15, -0.1) is 0 Å². The molecule has 0 radical (unpaired) electrons. The Bertz CT molecular complexity index is 1020. The highest BCUT2D eigenvalue weighted by Gasteiger charge is 2.13. The van der Waals surface area contributed by atoms with Crippen molar-refractivity contribution in [2.75, 3.05) is 11.9 Å². The summed E-state index contributed by atoms with van der Waals surface area (Å²) in [5.74, 6) is -0.735. The maximum Gasteiger partial charge on any atom is 0.338 e. The van der Waals surface area contributed by atoms with E-state index in [0.29, 0.717) is 28.4 Å². The lowest BCUT2D eigenvalue weighted by Crippen LogP contribution is -2.13. The van der Waals surface area contributed by atoms with Crippen LogP contribution in [0.25, 0.3) is 10.2 Å². The summed E-state index contributed by atoms with van der Waals surface area (Å²) in [6, 6.07) is 12.3. The van der Waals surface area contributed by atoms with Gasteiger partial charge in [0.05, 0.1) is 22.4 Å². The Hall–Kier alpha value is -3.06. The first-order valence-corrected chi connectivity index (χ1v) is 9.75. The monoisotopic (exact) mass is 396 g/mol. The van der Waals surface area contributed by atoms with Gasteiger partial charge >= 0.3 is 5.97 Å². The van der Waals surface area contributed by atoms with E-state index in [1.54, 1.807) is 37.3 Å². The quantitative estimate of drug-likeness (QED) is 0.473. The first kappa shape index (κ1) is 19.7. The average molecular weight is 396 g/mol. The SMILES string of the molecule is CCOC(=O)c1ccc2nc(NC(=O)CCC(=O)c3ccc(C)cc3)sc2c1. The van der Waals surface area contributed by atoms with Crippen molar-refractivity contribution in [2.45, 2.75) is 26.7 Å². The molecule has 0 spiro atoms. The van der Waals surface area contributed by atoms with Crippen molar-refractivity contribution >= 4 is 44.3 Å². The zero-order valence-corrected chi connectivity index (χ0v) is 16.5. The van der Waals surface area contributed by atoms with Gasteiger partial charge in [-0.2, -0.15) is 0 Å².